The molecule has 0 aliphatic rings. The van der Waals surface area contributed by atoms with Gasteiger partial charge in [0, 0.05) is 12.6 Å². The van der Waals surface area contributed by atoms with Gasteiger partial charge in [-0.05, 0) is 26.3 Å². The molecule has 0 heterocycles. The van der Waals surface area contributed by atoms with Gasteiger partial charge >= 0.3 is 0 Å². The molecule has 88 valence electrons. The smallest absolute Gasteiger partial charge is 0.0527 e. The summed E-state index contributed by atoms with van der Waals surface area (Å²) in [4.78, 5) is 0. The van der Waals surface area contributed by atoms with Gasteiger partial charge < -0.3 is 22.3 Å². The molecule has 0 fully saturated rings. The van der Waals surface area contributed by atoms with Crippen LogP contribution in [0.3, 0.4) is 0 Å². The second-order valence-corrected chi connectivity index (χ2v) is 3.58. The second-order valence-electron chi connectivity index (χ2n) is 3.58. The number of hydrogen-bond acceptors (Lipinski definition) is 4. The van der Waals surface area contributed by atoms with Gasteiger partial charge in [0.2, 0.25) is 0 Å². The monoisotopic (exact) mass is 205 g/mol. The van der Waals surface area contributed by atoms with Gasteiger partial charge in [-0.25, -0.2) is 0 Å². The van der Waals surface area contributed by atoms with Crippen LogP contribution in [0.1, 0.15) is 39.5 Å². The summed E-state index contributed by atoms with van der Waals surface area (Å²) in [5.74, 6) is 0. The maximum Gasteiger partial charge on any atom is 0.0527 e. The highest BCUT2D eigenvalue weighted by Gasteiger charge is 2.02. The average Bonchev–Trinajstić information content (AvgIpc) is 2.14. The highest BCUT2D eigenvalue weighted by molar-refractivity contribution is 4.63. The molecule has 0 amide bonds. The zero-order valence-electron chi connectivity index (χ0n) is 9.58. The van der Waals surface area contributed by atoms with Crippen LogP contribution in [0.15, 0.2) is 0 Å². The third-order valence-electron chi connectivity index (χ3n) is 1.75. The summed E-state index contributed by atoms with van der Waals surface area (Å²) in [7, 11) is 0. The first-order valence-corrected chi connectivity index (χ1v) is 5.42. The number of hydrogen-bond donors (Lipinski definition) is 4. The van der Waals surface area contributed by atoms with Gasteiger partial charge in [-0.2, -0.15) is 0 Å². The van der Waals surface area contributed by atoms with Gasteiger partial charge in [-0.15, -0.1) is 0 Å². The fraction of sp³-hybridized carbons (Fsp3) is 1.00. The maximum atomic E-state index is 8.72. The summed E-state index contributed by atoms with van der Waals surface area (Å²) >= 11 is 0. The van der Waals surface area contributed by atoms with E-state index in [1.54, 1.807) is 6.92 Å². The van der Waals surface area contributed by atoms with Gasteiger partial charge in [0.1, 0.15) is 0 Å². The van der Waals surface area contributed by atoms with E-state index in [1.807, 2.05) is 0 Å². The molecule has 2 unspecified atom stereocenters. The molecule has 0 rings (SSSR count). The predicted octanol–water partition coefficient (Wildman–Crippen LogP) is 0.179. The number of nitrogens with two attached hydrogens (primary N) is 3. The van der Waals surface area contributed by atoms with Crippen molar-refractivity contribution in [1.82, 2.24) is 0 Å². The topological polar surface area (TPSA) is 98.3 Å². The second kappa shape index (κ2) is 12.8. The van der Waals surface area contributed by atoms with Crippen molar-refractivity contribution in [1.29, 1.82) is 0 Å². The molecular formula is C10H27N3O. The average molecular weight is 205 g/mol. The minimum absolute atomic E-state index is 0.0463. The van der Waals surface area contributed by atoms with E-state index in [-0.39, 0.29) is 12.1 Å². The van der Waals surface area contributed by atoms with E-state index < -0.39 is 0 Å². The van der Waals surface area contributed by atoms with Crippen LogP contribution in [-0.4, -0.2) is 30.3 Å². The van der Waals surface area contributed by atoms with Gasteiger partial charge in [0.05, 0.1) is 6.10 Å². The summed E-state index contributed by atoms with van der Waals surface area (Å²) in [6, 6.07) is -0.0463. The van der Waals surface area contributed by atoms with Crippen molar-refractivity contribution in [3.8, 4) is 0 Å². The van der Waals surface area contributed by atoms with E-state index in [1.165, 1.54) is 19.3 Å². The summed E-state index contributed by atoms with van der Waals surface area (Å²) in [5.41, 5.74) is 15.8. The maximum absolute atomic E-state index is 8.72. The molecule has 0 radical (unpaired) electrons. The summed E-state index contributed by atoms with van der Waals surface area (Å²) in [6.07, 6.45) is 4.02. The van der Waals surface area contributed by atoms with Gasteiger partial charge in [-0.1, -0.05) is 19.8 Å². The van der Waals surface area contributed by atoms with Crippen molar-refractivity contribution in [3.63, 3.8) is 0 Å². The first-order valence-electron chi connectivity index (χ1n) is 5.42. The van der Waals surface area contributed by atoms with E-state index in [0.717, 1.165) is 6.54 Å². The van der Waals surface area contributed by atoms with E-state index in [0.29, 0.717) is 13.0 Å². The molecule has 2 atom stereocenters. The van der Waals surface area contributed by atoms with Crippen LogP contribution in [0.25, 0.3) is 0 Å². The van der Waals surface area contributed by atoms with E-state index >= 15 is 0 Å². The lowest BCUT2D eigenvalue weighted by Gasteiger charge is -2.09. The Morgan fingerprint density at radius 3 is 1.93 bits per heavy atom. The standard InChI is InChI=1S/C5H14N2O.C5H13N/c1-4(8)2-5(7)3-6;1-2-3-4-5-6/h4-5,8H,2-3,6-7H2,1H3;2-6H2,1H3. The Morgan fingerprint density at radius 1 is 1.21 bits per heavy atom. The summed E-state index contributed by atoms with van der Waals surface area (Å²) < 4.78 is 0. The van der Waals surface area contributed by atoms with Crippen molar-refractivity contribution in [2.75, 3.05) is 13.1 Å². The zero-order valence-corrected chi connectivity index (χ0v) is 9.58. The molecule has 0 spiro atoms. The Bertz CT molecular complexity index is 95.4. The first-order chi connectivity index (χ1) is 6.58. The lowest BCUT2D eigenvalue weighted by atomic mass is 10.1. The number of aliphatic hydroxyl groups is 1. The Kier molecular flexibility index (Phi) is 14.9. The lowest BCUT2D eigenvalue weighted by molar-refractivity contribution is 0.175. The Balaban J connectivity index is 0. The van der Waals surface area contributed by atoms with E-state index in [4.69, 9.17) is 22.3 Å². The van der Waals surface area contributed by atoms with Crippen molar-refractivity contribution in [2.45, 2.75) is 51.7 Å². The minimum Gasteiger partial charge on any atom is -0.393 e. The van der Waals surface area contributed by atoms with Crippen molar-refractivity contribution < 1.29 is 5.11 Å². The van der Waals surface area contributed by atoms with Gasteiger partial charge in [0.15, 0.2) is 0 Å². The highest BCUT2D eigenvalue weighted by Crippen LogP contribution is 1.91. The van der Waals surface area contributed by atoms with Crippen molar-refractivity contribution >= 4 is 0 Å². The van der Waals surface area contributed by atoms with Crippen LogP contribution in [0.5, 0.6) is 0 Å². The Hall–Kier alpha value is -0.160. The zero-order chi connectivity index (χ0) is 11.4. The van der Waals surface area contributed by atoms with Gasteiger partial charge in [-0.3, -0.25) is 0 Å². The van der Waals surface area contributed by atoms with Gasteiger partial charge in [0.25, 0.3) is 0 Å². The molecule has 0 aromatic carbocycles. The van der Waals surface area contributed by atoms with Crippen molar-refractivity contribution in [3.05, 3.63) is 0 Å². The quantitative estimate of drug-likeness (QED) is 0.465. The molecule has 4 nitrogen and oxygen atoms in total. The molecular weight excluding hydrogens is 178 g/mol. The third-order valence-corrected chi connectivity index (χ3v) is 1.75. The van der Waals surface area contributed by atoms with Crippen LogP contribution in [0, 0.1) is 0 Å². The minimum atomic E-state index is -0.325. The summed E-state index contributed by atoms with van der Waals surface area (Å²) in [6.45, 7) is 5.18. The molecule has 0 aromatic rings. The molecule has 4 heteroatoms. The van der Waals surface area contributed by atoms with Crippen LogP contribution in [-0.2, 0) is 0 Å². The number of rotatable bonds is 6. The van der Waals surface area contributed by atoms with Crippen LogP contribution in [0.2, 0.25) is 0 Å². The molecule has 0 aliphatic heterocycles. The fourth-order valence-electron chi connectivity index (χ4n) is 0.929. The first kappa shape index (κ1) is 16.3. The SMILES string of the molecule is CC(O)CC(N)CN.CCCCCN. The fourth-order valence-corrected chi connectivity index (χ4v) is 0.929. The molecule has 0 saturated carbocycles. The lowest BCUT2D eigenvalue weighted by Crippen LogP contribution is -2.32. The number of aliphatic hydroxyl groups excluding tert-OH is 1. The van der Waals surface area contributed by atoms with Crippen molar-refractivity contribution in [2.24, 2.45) is 17.2 Å². The predicted molar refractivity (Wildman–Crippen MR) is 61.9 cm³/mol. The molecule has 7 N–H and O–H groups in total. The normalized spacial score (nSPS) is 14.1. The van der Waals surface area contributed by atoms with E-state index in [2.05, 4.69) is 6.92 Å². The molecule has 0 aliphatic carbocycles. The third kappa shape index (κ3) is 17.8. The highest BCUT2D eigenvalue weighted by atomic mass is 16.3. The molecule has 14 heavy (non-hydrogen) atoms. The Labute approximate surface area is 87.8 Å². The molecule has 0 bridgehead atoms. The number of unbranched alkanes of at least 4 members (excludes halogenated alkanes) is 2. The van der Waals surface area contributed by atoms with Crippen LogP contribution < -0.4 is 17.2 Å². The summed E-state index contributed by atoms with van der Waals surface area (Å²) in [5, 5.41) is 8.72. The molecule has 0 aromatic heterocycles. The van der Waals surface area contributed by atoms with Crippen LogP contribution in [0.4, 0.5) is 0 Å². The Morgan fingerprint density at radius 2 is 1.79 bits per heavy atom. The largest absolute Gasteiger partial charge is 0.393 e. The molecule has 0 saturated heterocycles. The van der Waals surface area contributed by atoms with Crippen LogP contribution >= 0.6 is 0 Å². The van der Waals surface area contributed by atoms with E-state index in [9.17, 15) is 0 Å².